The summed E-state index contributed by atoms with van der Waals surface area (Å²) < 4.78 is 0. The topological polar surface area (TPSA) is 104 Å². The molecule has 0 unspecified atom stereocenters. The highest BCUT2D eigenvalue weighted by Gasteiger charge is 2.38. The van der Waals surface area contributed by atoms with Crippen LogP contribution in [-0.2, 0) is 16.0 Å². The zero-order valence-electron chi connectivity index (χ0n) is 10.3. The van der Waals surface area contributed by atoms with E-state index in [9.17, 15) is 14.7 Å². The molecule has 1 saturated heterocycles. The van der Waals surface area contributed by atoms with Crippen molar-refractivity contribution in [2.45, 2.75) is 25.0 Å². The molecule has 2 rings (SSSR count). The molecule has 1 aromatic rings. The van der Waals surface area contributed by atoms with E-state index < -0.39 is 18.1 Å². The Hall–Kier alpha value is -2.08. The maximum Gasteiger partial charge on any atom is 0.326 e. The standard InChI is InChI=1S/C13H16N2O4/c14-9-3-1-8(2-4-9)5-12(17)15-7-10(16)6-11(15)13(18)19/h1-4,10-11,16H,5-7,14H2,(H,18,19)/t10-,11+/m1/s1. The summed E-state index contributed by atoms with van der Waals surface area (Å²) in [4.78, 5) is 24.3. The fraction of sp³-hybridized carbons (Fsp3) is 0.385. The molecular weight excluding hydrogens is 248 g/mol. The number of anilines is 1. The Morgan fingerprint density at radius 1 is 1.32 bits per heavy atom. The van der Waals surface area contributed by atoms with Crippen LogP contribution in [0.3, 0.4) is 0 Å². The first kappa shape index (κ1) is 13.4. The number of hydrogen-bond donors (Lipinski definition) is 3. The maximum absolute atomic E-state index is 12.1. The van der Waals surface area contributed by atoms with Crippen LogP contribution in [-0.4, -0.2) is 45.7 Å². The van der Waals surface area contributed by atoms with Gasteiger partial charge in [0.1, 0.15) is 6.04 Å². The van der Waals surface area contributed by atoms with E-state index in [2.05, 4.69) is 0 Å². The number of likely N-dealkylation sites (tertiary alicyclic amines) is 1. The number of nitrogens with zero attached hydrogens (tertiary/aromatic N) is 1. The number of benzene rings is 1. The summed E-state index contributed by atoms with van der Waals surface area (Å²) >= 11 is 0. The first-order valence-corrected chi connectivity index (χ1v) is 6.02. The molecule has 2 atom stereocenters. The molecule has 0 aliphatic carbocycles. The highest BCUT2D eigenvalue weighted by Crippen LogP contribution is 2.19. The van der Waals surface area contributed by atoms with Crippen LogP contribution in [0.15, 0.2) is 24.3 Å². The number of carbonyl (C=O) groups excluding carboxylic acids is 1. The third-order valence-electron chi connectivity index (χ3n) is 3.22. The number of nitrogen functional groups attached to an aromatic ring is 1. The molecule has 0 radical (unpaired) electrons. The number of aliphatic hydroxyl groups excluding tert-OH is 1. The predicted octanol–water partition coefficient (Wildman–Crippen LogP) is -0.142. The van der Waals surface area contributed by atoms with Gasteiger partial charge in [0, 0.05) is 18.7 Å². The quantitative estimate of drug-likeness (QED) is 0.659. The highest BCUT2D eigenvalue weighted by atomic mass is 16.4. The number of carboxylic acid groups (broad SMARTS) is 1. The van der Waals surface area contributed by atoms with Crippen molar-refractivity contribution in [2.24, 2.45) is 0 Å². The largest absolute Gasteiger partial charge is 0.480 e. The monoisotopic (exact) mass is 264 g/mol. The molecule has 1 aromatic carbocycles. The molecule has 1 aliphatic rings. The van der Waals surface area contributed by atoms with Crippen molar-refractivity contribution in [2.75, 3.05) is 12.3 Å². The summed E-state index contributed by atoms with van der Waals surface area (Å²) in [6.45, 7) is 0.0742. The second kappa shape index (κ2) is 5.27. The van der Waals surface area contributed by atoms with Gasteiger partial charge in [-0.25, -0.2) is 4.79 Å². The molecule has 0 aromatic heterocycles. The minimum atomic E-state index is -1.08. The Bertz CT molecular complexity index is 486. The van der Waals surface area contributed by atoms with E-state index in [1.54, 1.807) is 24.3 Å². The van der Waals surface area contributed by atoms with Gasteiger partial charge in [-0.15, -0.1) is 0 Å². The minimum absolute atomic E-state index is 0.0742. The maximum atomic E-state index is 12.1. The number of carboxylic acids is 1. The van der Waals surface area contributed by atoms with Gasteiger partial charge in [0.2, 0.25) is 5.91 Å². The van der Waals surface area contributed by atoms with Crippen molar-refractivity contribution in [1.82, 2.24) is 4.90 Å². The molecule has 0 spiro atoms. The van der Waals surface area contributed by atoms with Crippen LogP contribution in [0.2, 0.25) is 0 Å². The number of β-amino-alcohol motifs (C(OH)–C–C–N with tert-alkyl or cyclic N) is 1. The Balaban J connectivity index is 2.06. The summed E-state index contributed by atoms with van der Waals surface area (Å²) in [5.41, 5.74) is 6.93. The summed E-state index contributed by atoms with van der Waals surface area (Å²) in [5, 5.41) is 18.5. The summed E-state index contributed by atoms with van der Waals surface area (Å²) in [7, 11) is 0. The Kier molecular flexibility index (Phi) is 3.71. The Labute approximate surface area is 110 Å². The van der Waals surface area contributed by atoms with E-state index in [4.69, 9.17) is 10.8 Å². The molecule has 6 nitrogen and oxygen atoms in total. The van der Waals surface area contributed by atoms with E-state index >= 15 is 0 Å². The Morgan fingerprint density at radius 2 is 1.95 bits per heavy atom. The lowest BCUT2D eigenvalue weighted by atomic mass is 10.1. The molecule has 0 bridgehead atoms. The van der Waals surface area contributed by atoms with Gasteiger partial charge in [-0.3, -0.25) is 4.79 Å². The minimum Gasteiger partial charge on any atom is -0.480 e. The smallest absolute Gasteiger partial charge is 0.326 e. The number of carbonyl (C=O) groups is 2. The van der Waals surface area contributed by atoms with Crippen LogP contribution in [0.25, 0.3) is 0 Å². The third kappa shape index (κ3) is 3.03. The second-order valence-electron chi connectivity index (χ2n) is 4.71. The first-order valence-electron chi connectivity index (χ1n) is 6.02. The zero-order chi connectivity index (χ0) is 14.0. The van der Waals surface area contributed by atoms with E-state index in [0.717, 1.165) is 5.56 Å². The molecule has 1 aliphatic heterocycles. The van der Waals surface area contributed by atoms with Gasteiger partial charge in [-0.2, -0.15) is 0 Å². The van der Waals surface area contributed by atoms with Crippen molar-refractivity contribution in [3.63, 3.8) is 0 Å². The van der Waals surface area contributed by atoms with E-state index in [-0.39, 0.29) is 25.3 Å². The summed E-state index contributed by atoms with van der Waals surface area (Å²) in [6.07, 6.45) is -0.573. The molecule has 1 amide bonds. The van der Waals surface area contributed by atoms with Crippen molar-refractivity contribution >= 4 is 17.6 Å². The second-order valence-corrected chi connectivity index (χ2v) is 4.71. The van der Waals surface area contributed by atoms with Crippen LogP contribution in [0.1, 0.15) is 12.0 Å². The van der Waals surface area contributed by atoms with Gasteiger partial charge in [0.25, 0.3) is 0 Å². The third-order valence-corrected chi connectivity index (χ3v) is 3.22. The van der Waals surface area contributed by atoms with Crippen molar-refractivity contribution in [1.29, 1.82) is 0 Å². The van der Waals surface area contributed by atoms with Crippen LogP contribution in [0, 0.1) is 0 Å². The number of aliphatic hydroxyl groups is 1. The lowest BCUT2D eigenvalue weighted by Crippen LogP contribution is -2.41. The fourth-order valence-electron chi connectivity index (χ4n) is 2.24. The van der Waals surface area contributed by atoms with Crippen LogP contribution in [0.4, 0.5) is 5.69 Å². The predicted molar refractivity (Wildman–Crippen MR) is 68.3 cm³/mol. The Morgan fingerprint density at radius 3 is 2.53 bits per heavy atom. The van der Waals surface area contributed by atoms with Gasteiger partial charge in [-0.1, -0.05) is 12.1 Å². The summed E-state index contributed by atoms with van der Waals surface area (Å²) in [6, 6.07) is 5.91. The number of rotatable bonds is 3. The van der Waals surface area contributed by atoms with Crippen molar-refractivity contribution < 1.29 is 19.8 Å². The molecule has 102 valence electrons. The van der Waals surface area contributed by atoms with Crippen LogP contribution >= 0.6 is 0 Å². The average Bonchev–Trinajstić information content (AvgIpc) is 2.74. The molecule has 6 heteroatoms. The molecular formula is C13H16N2O4. The first-order chi connectivity index (χ1) is 8.97. The lowest BCUT2D eigenvalue weighted by molar-refractivity contribution is -0.148. The van der Waals surface area contributed by atoms with E-state index in [1.165, 1.54) is 4.90 Å². The highest BCUT2D eigenvalue weighted by molar-refractivity contribution is 5.85. The molecule has 19 heavy (non-hydrogen) atoms. The number of aliphatic carboxylic acids is 1. The fourth-order valence-corrected chi connectivity index (χ4v) is 2.24. The molecule has 4 N–H and O–H groups in total. The van der Waals surface area contributed by atoms with Gasteiger partial charge in [-0.05, 0) is 17.7 Å². The molecule has 1 fully saturated rings. The van der Waals surface area contributed by atoms with Gasteiger partial charge < -0.3 is 20.8 Å². The van der Waals surface area contributed by atoms with Gasteiger partial charge >= 0.3 is 5.97 Å². The van der Waals surface area contributed by atoms with Crippen LogP contribution in [0.5, 0.6) is 0 Å². The number of amides is 1. The van der Waals surface area contributed by atoms with Crippen molar-refractivity contribution in [3.05, 3.63) is 29.8 Å². The summed E-state index contributed by atoms with van der Waals surface area (Å²) in [5.74, 6) is -1.38. The zero-order valence-corrected chi connectivity index (χ0v) is 10.3. The van der Waals surface area contributed by atoms with E-state index in [1.807, 2.05) is 0 Å². The van der Waals surface area contributed by atoms with Gasteiger partial charge in [0.05, 0.1) is 12.5 Å². The van der Waals surface area contributed by atoms with E-state index in [0.29, 0.717) is 5.69 Å². The normalized spacial score (nSPS) is 22.5. The molecule has 0 saturated carbocycles. The number of nitrogens with two attached hydrogens (primary N) is 1. The molecule has 1 heterocycles. The average molecular weight is 264 g/mol. The number of hydrogen-bond acceptors (Lipinski definition) is 4. The lowest BCUT2D eigenvalue weighted by Gasteiger charge is -2.21. The van der Waals surface area contributed by atoms with Crippen LogP contribution < -0.4 is 5.73 Å². The SMILES string of the molecule is Nc1ccc(CC(=O)N2C[C@H](O)C[C@H]2C(=O)O)cc1. The van der Waals surface area contributed by atoms with Gasteiger partial charge in [0.15, 0.2) is 0 Å². The van der Waals surface area contributed by atoms with Crippen molar-refractivity contribution in [3.8, 4) is 0 Å².